The summed E-state index contributed by atoms with van der Waals surface area (Å²) in [6, 6.07) is 9.60. The number of amides is 1. The summed E-state index contributed by atoms with van der Waals surface area (Å²) < 4.78 is 5.76. The standard InChI is InChI=1S/C23H24N6O2/c1-13-11-29(21(30)20-27-28-22(31-20)23(2,3)4)19(18-17(13)25-12-26-18)16-9-14-7-5-6-8-15(14)10-24-16/h5-10,12-13,19H,11H2,1-4H3,(H,25,26)/t13-,19-/m0/s1. The smallest absolute Gasteiger partial charge is 0.312 e. The molecule has 0 radical (unpaired) electrons. The van der Waals surface area contributed by atoms with Crippen molar-refractivity contribution in [3.8, 4) is 0 Å². The van der Waals surface area contributed by atoms with Crippen LogP contribution in [0.1, 0.15) is 73.3 Å². The number of pyridine rings is 1. The molecule has 2 atom stereocenters. The van der Waals surface area contributed by atoms with E-state index in [1.165, 1.54) is 0 Å². The Kier molecular flexibility index (Phi) is 4.39. The monoisotopic (exact) mass is 416 g/mol. The number of carbonyl (C=O) groups is 1. The molecular weight excluding hydrogens is 392 g/mol. The molecule has 0 aliphatic carbocycles. The number of hydrogen-bond donors (Lipinski definition) is 1. The molecule has 1 aromatic carbocycles. The number of H-pyrrole nitrogens is 1. The molecule has 3 aromatic heterocycles. The van der Waals surface area contributed by atoms with Crippen LogP contribution in [0.3, 0.4) is 0 Å². The Labute approximate surface area is 179 Å². The molecule has 4 heterocycles. The van der Waals surface area contributed by atoms with Gasteiger partial charge in [-0.05, 0) is 11.5 Å². The summed E-state index contributed by atoms with van der Waals surface area (Å²) in [5.41, 5.74) is 2.23. The van der Waals surface area contributed by atoms with Crippen LogP contribution in [0.4, 0.5) is 0 Å². The van der Waals surface area contributed by atoms with E-state index in [9.17, 15) is 4.79 Å². The highest BCUT2D eigenvalue weighted by molar-refractivity contribution is 5.90. The van der Waals surface area contributed by atoms with Gasteiger partial charge in [0.25, 0.3) is 0 Å². The normalized spacial score (nSPS) is 18.9. The van der Waals surface area contributed by atoms with Crippen LogP contribution in [0.15, 0.2) is 47.3 Å². The Hall–Kier alpha value is -3.55. The quantitative estimate of drug-likeness (QED) is 0.530. The lowest BCUT2D eigenvalue weighted by Crippen LogP contribution is -2.42. The van der Waals surface area contributed by atoms with Crippen molar-refractivity contribution < 1.29 is 9.21 Å². The summed E-state index contributed by atoms with van der Waals surface area (Å²) in [6.45, 7) is 8.46. The first-order valence-corrected chi connectivity index (χ1v) is 10.4. The van der Waals surface area contributed by atoms with Gasteiger partial charge < -0.3 is 14.3 Å². The van der Waals surface area contributed by atoms with E-state index in [2.05, 4.69) is 27.1 Å². The Bertz CT molecular complexity index is 1270. The second kappa shape index (κ2) is 7.01. The van der Waals surface area contributed by atoms with Crippen LogP contribution in [0.2, 0.25) is 0 Å². The van der Waals surface area contributed by atoms with Crippen molar-refractivity contribution in [1.82, 2.24) is 30.0 Å². The molecule has 0 unspecified atom stereocenters. The van der Waals surface area contributed by atoms with Crippen molar-refractivity contribution in [3.63, 3.8) is 0 Å². The highest BCUT2D eigenvalue weighted by Crippen LogP contribution is 2.38. The molecule has 158 valence electrons. The van der Waals surface area contributed by atoms with Crippen molar-refractivity contribution in [2.45, 2.75) is 45.1 Å². The minimum Gasteiger partial charge on any atom is -0.416 e. The fraction of sp³-hybridized carbons (Fsp3) is 0.348. The topological polar surface area (TPSA) is 101 Å². The molecule has 4 aromatic rings. The number of hydrogen-bond acceptors (Lipinski definition) is 6. The van der Waals surface area contributed by atoms with Gasteiger partial charge in [0.1, 0.15) is 6.04 Å². The van der Waals surface area contributed by atoms with Gasteiger partial charge in [0, 0.05) is 35.2 Å². The van der Waals surface area contributed by atoms with Gasteiger partial charge in [-0.1, -0.05) is 52.0 Å². The number of fused-ring (bicyclic) bond motifs is 2. The fourth-order valence-corrected chi connectivity index (χ4v) is 4.05. The summed E-state index contributed by atoms with van der Waals surface area (Å²) in [5.74, 6) is 0.190. The van der Waals surface area contributed by atoms with Gasteiger partial charge in [0.05, 0.1) is 17.7 Å². The maximum Gasteiger partial charge on any atom is 0.312 e. The molecule has 1 amide bonds. The van der Waals surface area contributed by atoms with E-state index in [0.717, 1.165) is 27.9 Å². The van der Waals surface area contributed by atoms with Gasteiger partial charge in [-0.3, -0.25) is 9.78 Å². The Morgan fingerprint density at radius 3 is 2.68 bits per heavy atom. The molecular formula is C23H24N6O2. The van der Waals surface area contributed by atoms with Crippen LogP contribution in [0.25, 0.3) is 10.8 Å². The lowest BCUT2D eigenvalue weighted by Gasteiger charge is -2.36. The molecule has 8 nitrogen and oxygen atoms in total. The molecule has 0 saturated heterocycles. The van der Waals surface area contributed by atoms with Crippen LogP contribution in [-0.2, 0) is 5.41 Å². The number of rotatable bonds is 2. The van der Waals surface area contributed by atoms with Crippen molar-refractivity contribution in [1.29, 1.82) is 0 Å². The number of aromatic nitrogens is 5. The zero-order valence-electron chi connectivity index (χ0n) is 18.0. The predicted octanol–water partition coefficient (Wildman–Crippen LogP) is 3.99. The summed E-state index contributed by atoms with van der Waals surface area (Å²) in [6.07, 6.45) is 3.51. The minimum atomic E-state index is -0.445. The lowest BCUT2D eigenvalue weighted by molar-refractivity contribution is 0.0625. The number of nitrogens with one attached hydrogen (secondary N) is 1. The maximum absolute atomic E-state index is 13.5. The number of imidazole rings is 1. The van der Waals surface area contributed by atoms with E-state index in [-0.39, 0.29) is 23.1 Å². The number of nitrogens with zero attached hydrogens (tertiary/aromatic N) is 5. The van der Waals surface area contributed by atoms with E-state index >= 15 is 0 Å². The molecule has 1 aliphatic heterocycles. The van der Waals surface area contributed by atoms with Crippen LogP contribution in [-0.4, -0.2) is 42.5 Å². The Morgan fingerprint density at radius 1 is 1.16 bits per heavy atom. The van der Waals surface area contributed by atoms with Crippen molar-refractivity contribution in [3.05, 3.63) is 71.7 Å². The number of carbonyl (C=O) groups excluding carboxylic acids is 1. The van der Waals surface area contributed by atoms with Gasteiger partial charge in [0.15, 0.2) is 0 Å². The molecule has 0 spiro atoms. The van der Waals surface area contributed by atoms with Gasteiger partial charge in [-0.25, -0.2) is 4.98 Å². The predicted molar refractivity (Wildman–Crippen MR) is 115 cm³/mol. The molecule has 1 aliphatic rings. The number of benzene rings is 1. The minimum absolute atomic E-state index is 0.0121. The maximum atomic E-state index is 13.5. The molecule has 1 N–H and O–H groups in total. The van der Waals surface area contributed by atoms with E-state index in [1.54, 1.807) is 11.2 Å². The largest absolute Gasteiger partial charge is 0.416 e. The molecule has 8 heteroatoms. The van der Waals surface area contributed by atoms with Crippen LogP contribution >= 0.6 is 0 Å². The molecule has 0 saturated carbocycles. The fourth-order valence-electron chi connectivity index (χ4n) is 4.05. The average Bonchev–Trinajstić information content (AvgIpc) is 3.43. The highest BCUT2D eigenvalue weighted by Gasteiger charge is 2.40. The van der Waals surface area contributed by atoms with E-state index in [1.807, 2.05) is 57.3 Å². The van der Waals surface area contributed by atoms with Gasteiger partial charge in [-0.2, -0.15) is 0 Å². The molecule has 31 heavy (non-hydrogen) atoms. The van der Waals surface area contributed by atoms with Gasteiger partial charge >= 0.3 is 11.8 Å². The number of aromatic amines is 1. The second-order valence-electron chi connectivity index (χ2n) is 9.08. The van der Waals surface area contributed by atoms with Gasteiger partial charge in [-0.15, -0.1) is 10.2 Å². The average molecular weight is 416 g/mol. The summed E-state index contributed by atoms with van der Waals surface area (Å²) in [4.78, 5) is 27.8. The van der Waals surface area contributed by atoms with Crippen LogP contribution in [0, 0.1) is 0 Å². The highest BCUT2D eigenvalue weighted by atomic mass is 16.4. The summed E-state index contributed by atoms with van der Waals surface area (Å²) in [5, 5.41) is 10.2. The first-order valence-electron chi connectivity index (χ1n) is 10.4. The Balaban J connectivity index is 1.60. The van der Waals surface area contributed by atoms with E-state index in [4.69, 9.17) is 9.40 Å². The third-order valence-electron chi connectivity index (χ3n) is 5.68. The molecule has 0 bridgehead atoms. The first-order chi connectivity index (χ1) is 14.8. The third-order valence-corrected chi connectivity index (χ3v) is 5.68. The summed E-state index contributed by atoms with van der Waals surface area (Å²) >= 11 is 0. The summed E-state index contributed by atoms with van der Waals surface area (Å²) in [7, 11) is 0. The van der Waals surface area contributed by atoms with Crippen molar-refractivity contribution >= 4 is 16.7 Å². The molecule has 0 fully saturated rings. The van der Waals surface area contributed by atoms with Crippen LogP contribution in [0.5, 0.6) is 0 Å². The van der Waals surface area contributed by atoms with Crippen molar-refractivity contribution in [2.75, 3.05) is 6.54 Å². The Morgan fingerprint density at radius 2 is 1.94 bits per heavy atom. The lowest BCUT2D eigenvalue weighted by atomic mass is 9.92. The first kappa shape index (κ1) is 19.4. The SMILES string of the molecule is C[C@H]1CN(C(=O)c2nnc(C(C)(C)C)o2)[C@@H](c2cc3ccccc3cn2)c2nc[nH]c21. The molecule has 5 rings (SSSR count). The zero-order valence-corrected chi connectivity index (χ0v) is 18.0. The third kappa shape index (κ3) is 3.28. The van der Waals surface area contributed by atoms with Crippen LogP contribution < -0.4 is 0 Å². The van der Waals surface area contributed by atoms with E-state index < -0.39 is 6.04 Å². The van der Waals surface area contributed by atoms with Gasteiger partial charge in [0.2, 0.25) is 5.89 Å². The van der Waals surface area contributed by atoms with Crippen molar-refractivity contribution in [2.24, 2.45) is 0 Å². The second-order valence-corrected chi connectivity index (χ2v) is 9.08. The zero-order chi connectivity index (χ0) is 21.8. The van der Waals surface area contributed by atoms with E-state index in [0.29, 0.717) is 12.4 Å².